The van der Waals surface area contributed by atoms with Gasteiger partial charge in [0.15, 0.2) is 11.6 Å². The van der Waals surface area contributed by atoms with Gasteiger partial charge in [0.05, 0.1) is 6.61 Å². The van der Waals surface area contributed by atoms with Crippen molar-refractivity contribution in [3.05, 3.63) is 52.4 Å². The Morgan fingerprint density at radius 2 is 1.28 bits per heavy atom. The van der Waals surface area contributed by atoms with Crippen LogP contribution in [0.3, 0.4) is 0 Å². The number of hydrogen-bond donors (Lipinski definition) is 0. The lowest BCUT2D eigenvalue weighted by Gasteiger charge is -2.47. The Morgan fingerprint density at radius 3 is 1.81 bits per heavy atom. The van der Waals surface area contributed by atoms with Gasteiger partial charge in [0.2, 0.25) is 0 Å². The van der Waals surface area contributed by atoms with Crippen LogP contribution in [0.1, 0.15) is 110 Å². The fourth-order valence-corrected chi connectivity index (χ4v) is 6.33. The first kappa shape index (κ1) is 26.7. The number of hydrogen-bond acceptors (Lipinski definition) is 4. The molecule has 0 unspecified atom stereocenters. The number of allylic oxidation sites excluding steroid dienone is 4. The lowest BCUT2D eigenvalue weighted by atomic mass is 9.64. The molecule has 0 saturated carbocycles. The normalized spacial score (nSPS) is 21.6. The number of carbonyl (C=O) groups is 2. The number of ether oxygens (including phenoxy) is 1. The monoisotopic (exact) mass is 491 g/mol. The van der Waals surface area contributed by atoms with Crippen LogP contribution in [0.4, 0.5) is 0 Å². The molecule has 1 aromatic rings. The number of unbranched alkanes of at least 4 members (excludes halogenated alkanes) is 5. The molecule has 4 heteroatoms. The molecule has 0 radical (unpaired) electrons. The zero-order valence-electron chi connectivity index (χ0n) is 23.3. The van der Waals surface area contributed by atoms with E-state index in [1.165, 1.54) is 32.1 Å². The zero-order valence-corrected chi connectivity index (χ0v) is 23.3. The Hall–Kier alpha value is -2.36. The van der Waals surface area contributed by atoms with Crippen molar-refractivity contribution in [1.29, 1.82) is 0 Å². The third-order valence-corrected chi connectivity index (χ3v) is 8.16. The Kier molecular flexibility index (Phi) is 7.83. The summed E-state index contributed by atoms with van der Waals surface area (Å²) in [6, 6.07) is 8.17. The number of ketones is 2. The van der Waals surface area contributed by atoms with E-state index >= 15 is 0 Å². The summed E-state index contributed by atoms with van der Waals surface area (Å²) in [5.74, 6) is 0.957. The van der Waals surface area contributed by atoms with Crippen molar-refractivity contribution in [3.63, 3.8) is 0 Å². The van der Waals surface area contributed by atoms with E-state index in [2.05, 4.69) is 58.7 Å². The summed E-state index contributed by atoms with van der Waals surface area (Å²) in [6.07, 6.45) is 10.2. The molecule has 3 aliphatic rings. The second-order valence-electron chi connectivity index (χ2n) is 12.8. The van der Waals surface area contributed by atoms with Crippen LogP contribution >= 0.6 is 0 Å². The van der Waals surface area contributed by atoms with E-state index in [0.29, 0.717) is 12.8 Å². The lowest BCUT2D eigenvalue weighted by molar-refractivity contribution is -0.119. The van der Waals surface area contributed by atoms with Gasteiger partial charge in [-0.2, -0.15) is 0 Å². The van der Waals surface area contributed by atoms with Crippen molar-refractivity contribution in [1.82, 2.24) is 4.90 Å². The number of carbonyl (C=O) groups excluding carboxylic acids is 2. The van der Waals surface area contributed by atoms with Crippen molar-refractivity contribution < 1.29 is 14.3 Å². The molecule has 0 saturated heterocycles. The minimum atomic E-state index is -0.272. The van der Waals surface area contributed by atoms with Gasteiger partial charge in [0.25, 0.3) is 0 Å². The van der Waals surface area contributed by atoms with Crippen LogP contribution < -0.4 is 4.74 Å². The average molecular weight is 492 g/mol. The van der Waals surface area contributed by atoms with E-state index < -0.39 is 0 Å². The largest absolute Gasteiger partial charge is 0.494 e. The molecule has 4 nitrogen and oxygen atoms in total. The molecule has 1 aromatic carbocycles. The quantitative estimate of drug-likeness (QED) is 0.331. The first-order valence-corrected chi connectivity index (χ1v) is 14.0. The zero-order chi connectivity index (χ0) is 26.1. The highest BCUT2D eigenvalue weighted by atomic mass is 16.5. The van der Waals surface area contributed by atoms with E-state index in [1.807, 2.05) is 12.1 Å². The van der Waals surface area contributed by atoms with Crippen molar-refractivity contribution in [2.45, 2.75) is 105 Å². The van der Waals surface area contributed by atoms with Gasteiger partial charge in [0.1, 0.15) is 5.75 Å². The predicted octanol–water partition coefficient (Wildman–Crippen LogP) is 7.74. The number of nitrogens with zero attached hydrogens (tertiary/aromatic N) is 1. The van der Waals surface area contributed by atoms with Gasteiger partial charge in [-0.3, -0.25) is 9.59 Å². The maximum Gasteiger partial charge on any atom is 0.162 e. The SMILES string of the molecule is CCCCCCCCOc1ccc(C2C3=C(CC(C)(C)CC3=O)N(C)C3=C2C(=O)CC(C)(C)C3)cc1. The van der Waals surface area contributed by atoms with Crippen molar-refractivity contribution in [2.24, 2.45) is 10.8 Å². The maximum absolute atomic E-state index is 13.6. The fourth-order valence-electron chi connectivity index (χ4n) is 6.33. The summed E-state index contributed by atoms with van der Waals surface area (Å²) in [6.45, 7) is 11.7. The predicted molar refractivity (Wildman–Crippen MR) is 146 cm³/mol. The third kappa shape index (κ3) is 5.63. The molecule has 196 valence electrons. The lowest BCUT2D eigenvalue weighted by Crippen LogP contribution is -2.43. The summed E-state index contributed by atoms with van der Waals surface area (Å²) in [5, 5.41) is 0. The van der Waals surface area contributed by atoms with Gasteiger partial charge in [0, 0.05) is 48.3 Å². The van der Waals surface area contributed by atoms with E-state index in [1.54, 1.807) is 0 Å². The number of rotatable bonds is 9. The molecule has 0 spiro atoms. The topological polar surface area (TPSA) is 46.6 Å². The van der Waals surface area contributed by atoms with Gasteiger partial charge in [-0.1, -0.05) is 78.9 Å². The number of Topliss-reactive ketones (excluding diaryl/α,β-unsaturated/α-hetero) is 2. The molecular weight excluding hydrogens is 446 g/mol. The highest BCUT2D eigenvalue weighted by Crippen LogP contribution is 2.53. The standard InChI is InChI=1S/C32H45NO3/c1-7-8-9-10-11-12-17-36-23-15-13-22(14-16-23)28-29-24(18-31(2,3)20-26(29)34)33(6)25-19-32(4,5)21-27(35)30(25)28/h13-16,28H,7-12,17-21H2,1-6H3. The van der Waals surface area contributed by atoms with Crippen LogP contribution in [-0.4, -0.2) is 30.1 Å². The number of benzene rings is 1. The summed E-state index contributed by atoms with van der Waals surface area (Å²) in [5.41, 5.74) is 4.76. The second-order valence-corrected chi connectivity index (χ2v) is 12.8. The highest BCUT2D eigenvalue weighted by molar-refractivity contribution is 6.06. The minimum Gasteiger partial charge on any atom is -0.494 e. The van der Waals surface area contributed by atoms with Crippen LogP contribution in [0.25, 0.3) is 0 Å². The highest BCUT2D eigenvalue weighted by Gasteiger charge is 2.48. The van der Waals surface area contributed by atoms with Crippen molar-refractivity contribution in [2.75, 3.05) is 13.7 Å². The van der Waals surface area contributed by atoms with Crippen LogP contribution in [0.15, 0.2) is 46.8 Å². The fraction of sp³-hybridized carbons (Fsp3) is 0.625. The molecule has 0 bridgehead atoms. The molecule has 0 aromatic heterocycles. The van der Waals surface area contributed by atoms with Gasteiger partial charge in [-0.25, -0.2) is 0 Å². The molecule has 1 aliphatic heterocycles. The Labute approximate surface area is 218 Å². The van der Waals surface area contributed by atoms with E-state index in [0.717, 1.165) is 59.7 Å². The Morgan fingerprint density at radius 1 is 0.778 bits per heavy atom. The third-order valence-electron chi connectivity index (χ3n) is 8.16. The van der Waals surface area contributed by atoms with E-state index in [-0.39, 0.29) is 28.3 Å². The summed E-state index contributed by atoms with van der Waals surface area (Å²) < 4.78 is 6.02. The summed E-state index contributed by atoms with van der Waals surface area (Å²) in [7, 11) is 2.06. The molecule has 36 heavy (non-hydrogen) atoms. The minimum absolute atomic E-state index is 0.0742. The molecule has 0 amide bonds. The van der Waals surface area contributed by atoms with Crippen LogP contribution in [0, 0.1) is 10.8 Å². The van der Waals surface area contributed by atoms with E-state index in [9.17, 15) is 9.59 Å². The second kappa shape index (κ2) is 10.6. The first-order valence-electron chi connectivity index (χ1n) is 14.0. The van der Waals surface area contributed by atoms with Crippen LogP contribution in [0.2, 0.25) is 0 Å². The van der Waals surface area contributed by atoms with Crippen LogP contribution in [0.5, 0.6) is 5.75 Å². The maximum atomic E-state index is 13.6. The first-order chi connectivity index (χ1) is 17.0. The van der Waals surface area contributed by atoms with Crippen LogP contribution in [-0.2, 0) is 9.59 Å². The Bertz CT molecular complexity index is 1000. The molecule has 2 aliphatic carbocycles. The van der Waals surface area contributed by atoms with E-state index in [4.69, 9.17) is 4.74 Å². The Balaban J connectivity index is 1.60. The molecule has 1 heterocycles. The van der Waals surface area contributed by atoms with Gasteiger partial charge in [-0.05, 0) is 47.8 Å². The summed E-state index contributed by atoms with van der Waals surface area (Å²) in [4.78, 5) is 29.3. The van der Waals surface area contributed by atoms with Gasteiger partial charge >= 0.3 is 0 Å². The smallest absolute Gasteiger partial charge is 0.162 e. The molecule has 0 fully saturated rings. The van der Waals surface area contributed by atoms with Gasteiger partial charge in [-0.15, -0.1) is 0 Å². The molecule has 4 rings (SSSR count). The molecule has 0 N–H and O–H groups in total. The van der Waals surface area contributed by atoms with Gasteiger partial charge < -0.3 is 9.64 Å². The molecule has 0 atom stereocenters. The molecular formula is C32H45NO3. The van der Waals surface area contributed by atoms with Crippen molar-refractivity contribution in [3.8, 4) is 5.75 Å². The summed E-state index contributed by atoms with van der Waals surface area (Å²) >= 11 is 0. The van der Waals surface area contributed by atoms with Crippen molar-refractivity contribution >= 4 is 11.6 Å². The average Bonchev–Trinajstić information content (AvgIpc) is 2.79.